The van der Waals surface area contributed by atoms with Gasteiger partial charge in [-0.3, -0.25) is 0 Å². The van der Waals surface area contributed by atoms with Gasteiger partial charge in [-0.1, -0.05) is 54.6 Å². The molecule has 0 amide bonds. The van der Waals surface area contributed by atoms with Crippen LogP contribution < -0.4 is 18.9 Å². The fourth-order valence-electron chi connectivity index (χ4n) is 1.44. The van der Waals surface area contributed by atoms with Gasteiger partial charge in [0.15, 0.2) is 0 Å². The molecule has 0 aliphatic carbocycles. The maximum absolute atomic E-state index is 5.04. The number of hydrogen-bond donors (Lipinski definition) is 0. The Bertz CT molecular complexity index is 395. The summed E-state index contributed by atoms with van der Waals surface area (Å²) in [6.07, 6.45) is 0.983. The smallest absolute Gasteiger partial charge is 0.780 e. The minimum atomic E-state index is 0. The van der Waals surface area contributed by atoms with Gasteiger partial charge in [0, 0.05) is 0 Å². The first-order valence-corrected chi connectivity index (χ1v) is 5.05. The van der Waals surface area contributed by atoms with Crippen LogP contribution >= 0.6 is 0 Å². The third kappa shape index (κ3) is 3.72. The largest absolute Gasteiger partial charge is 1.00 e. The van der Waals surface area contributed by atoms with Crippen molar-refractivity contribution in [2.45, 2.75) is 11.3 Å². The average molecular weight is 206 g/mol. The summed E-state index contributed by atoms with van der Waals surface area (Å²) in [4.78, 5) is 0.904. The zero-order valence-electron chi connectivity index (χ0n) is 8.81. The van der Waals surface area contributed by atoms with Gasteiger partial charge in [-0.25, -0.2) is 0 Å². The fourth-order valence-corrected chi connectivity index (χ4v) is 1.57. The topological polar surface area (TPSA) is 0 Å². The molecule has 0 fully saturated rings. The van der Waals surface area contributed by atoms with Crippen LogP contribution in [0.5, 0.6) is 0 Å². The van der Waals surface area contributed by atoms with Crippen LogP contribution in [0.1, 0.15) is 11.1 Å². The third-order valence-corrected chi connectivity index (χ3v) is 2.45. The van der Waals surface area contributed by atoms with Crippen molar-refractivity contribution in [2.75, 3.05) is 0 Å². The van der Waals surface area contributed by atoms with Gasteiger partial charge in [0.05, 0.1) is 0 Å². The molecule has 0 N–H and O–H groups in total. The van der Waals surface area contributed by atoms with Crippen molar-refractivity contribution in [1.29, 1.82) is 0 Å². The van der Waals surface area contributed by atoms with E-state index in [4.69, 9.17) is 12.6 Å². The Hall–Kier alpha value is -0.743. The maximum Gasteiger partial charge on any atom is 1.00 e. The summed E-state index contributed by atoms with van der Waals surface area (Å²) in [5.74, 6) is 0. The molecule has 0 saturated heterocycles. The maximum atomic E-state index is 5.04. The van der Waals surface area contributed by atoms with Crippen molar-refractivity contribution in [3.63, 3.8) is 0 Å². The number of rotatable bonds is 2. The van der Waals surface area contributed by atoms with Gasteiger partial charge in [-0.05, 0) is 17.5 Å². The summed E-state index contributed by atoms with van der Waals surface area (Å²) < 4.78 is 0. The zero-order valence-corrected chi connectivity index (χ0v) is 9.63. The molecule has 0 unspecified atom stereocenters. The van der Waals surface area contributed by atoms with E-state index < -0.39 is 0 Å². The number of hydrogen-bond acceptors (Lipinski definition) is 1. The fraction of sp³-hybridized carbons (Fsp3) is 0.0769. The van der Waals surface area contributed by atoms with Gasteiger partial charge in [0.1, 0.15) is 0 Å². The van der Waals surface area contributed by atoms with Crippen LogP contribution in [-0.4, -0.2) is 0 Å². The van der Waals surface area contributed by atoms with Crippen LogP contribution in [0.15, 0.2) is 59.5 Å². The van der Waals surface area contributed by atoms with Crippen molar-refractivity contribution in [3.05, 3.63) is 65.7 Å². The normalized spacial score (nSPS) is 9.33. The molecule has 2 aromatic rings. The molecule has 0 atom stereocenters. The Morgan fingerprint density at radius 3 is 1.87 bits per heavy atom. The molecule has 0 aromatic heterocycles. The van der Waals surface area contributed by atoms with E-state index in [1.807, 2.05) is 18.2 Å². The molecule has 15 heavy (non-hydrogen) atoms. The van der Waals surface area contributed by atoms with Gasteiger partial charge >= 0.3 is 18.9 Å². The Morgan fingerprint density at radius 1 is 0.733 bits per heavy atom. The first-order valence-electron chi connectivity index (χ1n) is 4.64. The van der Waals surface area contributed by atoms with Gasteiger partial charge in [-0.2, -0.15) is 4.90 Å². The van der Waals surface area contributed by atoms with Gasteiger partial charge < -0.3 is 12.6 Å². The molecule has 0 bridgehead atoms. The van der Waals surface area contributed by atoms with Crippen molar-refractivity contribution in [1.82, 2.24) is 0 Å². The third-order valence-electron chi connectivity index (χ3n) is 2.17. The summed E-state index contributed by atoms with van der Waals surface area (Å²) >= 11 is 5.04. The van der Waals surface area contributed by atoms with Crippen LogP contribution in [0.25, 0.3) is 0 Å². The molecule has 0 aliphatic rings. The van der Waals surface area contributed by atoms with E-state index >= 15 is 0 Å². The molecule has 0 saturated carbocycles. The zero-order chi connectivity index (χ0) is 9.80. The van der Waals surface area contributed by atoms with E-state index in [9.17, 15) is 0 Å². The summed E-state index contributed by atoms with van der Waals surface area (Å²) in [6.45, 7) is 0. The molecule has 0 heterocycles. The summed E-state index contributed by atoms with van der Waals surface area (Å²) in [7, 11) is 0. The second-order valence-corrected chi connectivity index (χ2v) is 3.78. The average Bonchev–Trinajstić information content (AvgIpc) is 2.23. The van der Waals surface area contributed by atoms with Crippen LogP contribution in [0, 0.1) is 0 Å². The summed E-state index contributed by atoms with van der Waals surface area (Å²) in [5, 5.41) is 0. The van der Waals surface area contributed by atoms with Crippen molar-refractivity contribution < 1.29 is 18.9 Å². The molecule has 70 valence electrons. The SMILES string of the molecule is [Li+].[S-]c1ccc(Cc2ccccc2)cc1. The Balaban J connectivity index is 0.00000112. The second-order valence-electron chi connectivity index (χ2n) is 3.31. The van der Waals surface area contributed by atoms with E-state index in [0.29, 0.717) is 0 Å². The van der Waals surface area contributed by atoms with Crippen molar-refractivity contribution >= 4 is 12.6 Å². The van der Waals surface area contributed by atoms with E-state index in [0.717, 1.165) is 11.3 Å². The van der Waals surface area contributed by atoms with Crippen molar-refractivity contribution in [2.24, 2.45) is 0 Å². The Kier molecular flexibility index (Phi) is 4.91. The minimum Gasteiger partial charge on any atom is -0.780 e. The quantitative estimate of drug-likeness (QED) is 0.499. The Labute approximate surface area is 108 Å². The van der Waals surface area contributed by atoms with Crippen molar-refractivity contribution in [3.8, 4) is 0 Å². The first kappa shape index (κ1) is 12.3. The van der Waals surface area contributed by atoms with E-state index in [1.54, 1.807) is 0 Å². The second kappa shape index (κ2) is 5.98. The summed E-state index contributed by atoms with van der Waals surface area (Å²) in [5.41, 5.74) is 2.65. The van der Waals surface area contributed by atoms with Gasteiger partial charge in [0.2, 0.25) is 0 Å². The monoisotopic (exact) mass is 206 g/mol. The molecular formula is C13H11LiS. The molecule has 0 radical (unpaired) electrons. The molecule has 0 aliphatic heterocycles. The van der Waals surface area contributed by atoms with E-state index in [-0.39, 0.29) is 18.9 Å². The molecule has 2 heteroatoms. The van der Waals surface area contributed by atoms with Gasteiger partial charge in [-0.15, -0.1) is 0 Å². The molecule has 0 spiro atoms. The van der Waals surface area contributed by atoms with E-state index in [1.165, 1.54) is 11.1 Å². The number of benzene rings is 2. The molecular weight excluding hydrogens is 195 g/mol. The molecule has 2 rings (SSSR count). The molecule has 2 aromatic carbocycles. The standard InChI is InChI=1S/C13H12S.Li/c14-13-8-6-12(7-9-13)10-11-4-2-1-3-5-11;/h1-9,14H,10H2;/q;+1/p-1. The molecule has 0 nitrogen and oxygen atoms in total. The predicted molar refractivity (Wildman–Crippen MR) is 61.3 cm³/mol. The minimum absolute atomic E-state index is 0. The van der Waals surface area contributed by atoms with E-state index in [2.05, 4.69) is 36.4 Å². The first-order chi connectivity index (χ1) is 6.84. The van der Waals surface area contributed by atoms with Crippen LogP contribution in [0.2, 0.25) is 0 Å². The van der Waals surface area contributed by atoms with Crippen LogP contribution in [0.4, 0.5) is 0 Å². The summed E-state index contributed by atoms with van der Waals surface area (Å²) in [6, 6.07) is 18.6. The van der Waals surface area contributed by atoms with Crippen LogP contribution in [0.3, 0.4) is 0 Å². The Morgan fingerprint density at radius 2 is 1.27 bits per heavy atom. The van der Waals surface area contributed by atoms with Crippen LogP contribution in [-0.2, 0) is 19.0 Å². The van der Waals surface area contributed by atoms with Gasteiger partial charge in [0.25, 0.3) is 0 Å². The predicted octanol–water partition coefficient (Wildman–Crippen LogP) is 0.187.